The number of aryl methyl sites for hydroxylation is 1. The predicted octanol–water partition coefficient (Wildman–Crippen LogP) is 1.33. The topological polar surface area (TPSA) is 56.2 Å². The van der Waals surface area contributed by atoms with Gasteiger partial charge in [-0.2, -0.15) is 0 Å². The van der Waals surface area contributed by atoms with Crippen molar-refractivity contribution in [1.29, 1.82) is 0 Å². The molecule has 17 heavy (non-hydrogen) atoms. The molecule has 1 N–H and O–H groups in total. The quantitative estimate of drug-likeness (QED) is 0.729. The highest BCUT2D eigenvalue weighted by Crippen LogP contribution is 2.00. The Bertz CT molecular complexity index is 349. The average molecular weight is 239 g/mol. The van der Waals surface area contributed by atoms with Crippen LogP contribution in [0.4, 0.5) is 0 Å². The van der Waals surface area contributed by atoms with Gasteiger partial charge in [0.05, 0.1) is 13.2 Å². The Hall–Kier alpha value is -1.36. The van der Waals surface area contributed by atoms with E-state index in [1.54, 1.807) is 20.0 Å². The molecule has 1 aromatic heterocycles. The van der Waals surface area contributed by atoms with E-state index in [1.165, 1.54) is 0 Å². The molecule has 1 unspecified atom stereocenters. The lowest BCUT2D eigenvalue weighted by Crippen LogP contribution is -2.35. The first-order valence-corrected chi connectivity index (χ1v) is 6.09. The Morgan fingerprint density at radius 3 is 3.00 bits per heavy atom. The highest BCUT2D eigenvalue weighted by molar-refractivity contribution is 5.75. The van der Waals surface area contributed by atoms with E-state index >= 15 is 0 Å². The second-order valence-electron chi connectivity index (χ2n) is 3.89. The first-order valence-electron chi connectivity index (χ1n) is 6.09. The molecule has 0 spiro atoms. The van der Waals surface area contributed by atoms with E-state index in [0.717, 1.165) is 18.8 Å². The van der Waals surface area contributed by atoms with Crippen molar-refractivity contribution in [1.82, 2.24) is 14.9 Å². The van der Waals surface area contributed by atoms with E-state index in [-0.39, 0.29) is 12.0 Å². The molecule has 0 amide bonds. The summed E-state index contributed by atoms with van der Waals surface area (Å²) in [6.45, 7) is 7.66. The number of aromatic nitrogens is 2. The number of hydrogen-bond donors (Lipinski definition) is 1. The lowest BCUT2D eigenvalue weighted by atomic mass is 10.3. The van der Waals surface area contributed by atoms with Gasteiger partial charge in [0, 0.05) is 18.9 Å². The largest absolute Gasteiger partial charge is 0.465 e. The van der Waals surface area contributed by atoms with Crippen molar-refractivity contribution in [2.24, 2.45) is 0 Å². The third-order valence-corrected chi connectivity index (χ3v) is 2.47. The van der Waals surface area contributed by atoms with Gasteiger partial charge < -0.3 is 9.30 Å². The van der Waals surface area contributed by atoms with Crippen molar-refractivity contribution in [2.45, 2.75) is 46.3 Å². The number of rotatable bonds is 7. The van der Waals surface area contributed by atoms with Crippen molar-refractivity contribution in [2.75, 3.05) is 6.61 Å². The summed E-state index contributed by atoms with van der Waals surface area (Å²) in [5.74, 6) is 0.726. The zero-order valence-corrected chi connectivity index (χ0v) is 10.8. The number of carbonyl (C=O) groups excluding carboxylic acids is 1. The lowest BCUT2D eigenvalue weighted by molar-refractivity contribution is -0.145. The van der Waals surface area contributed by atoms with Gasteiger partial charge in [0.1, 0.15) is 11.9 Å². The second-order valence-corrected chi connectivity index (χ2v) is 3.89. The number of carbonyl (C=O) groups is 1. The Morgan fingerprint density at radius 2 is 2.35 bits per heavy atom. The zero-order chi connectivity index (χ0) is 12.7. The summed E-state index contributed by atoms with van der Waals surface area (Å²) in [6.07, 6.45) is 4.80. The van der Waals surface area contributed by atoms with Crippen LogP contribution in [-0.2, 0) is 22.6 Å². The molecule has 5 heteroatoms. The van der Waals surface area contributed by atoms with Gasteiger partial charge in [-0.25, -0.2) is 4.98 Å². The Labute approximate surface area is 102 Å². The molecule has 0 aliphatic carbocycles. The smallest absolute Gasteiger partial charge is 0.322 e. The molecular formula is C12H21N3O2. The molecule has 0 saturated heterocycles. The predicted molar refractivity (Wildman–Crippen MR) is 65.5 cm³/mol. The van der Waals surface area contributed by atoms with Gasteiger partial charge >= 0.3 is 5.97 Å². The molecule has 0 bridgehead atoms. The Kier molecular flexibility index (Phi) is 5.69. The number of esters is 1. The van der Waals surface area contributed by atoms with Crippen LogP contribution >= 0.6 is 0 Å². The number of hydrogen-bond acceptors (Lipinski definition) is 4. The maximum atomic E-state index is 11.4. The highest BCUT2D eigenvalue weighted by Gasteiger charge is 2.13. The van der Waals surface area contributed by atoms with Gasteiger partial charge in [-0.15, -0.1) is 0 Å². The molecule has 0 radical (unpaired) electrons. The second kappa shape index (κ2) is 7.06. The highest BCUT2D eigenvalue weighted by atomic mass is 16.5. The fourth-order valence-corrected chi connectivity index (χ4v) is 1.55. The first-order chi connectivity index (χ1) is 8.19. The normalized spacial score (nSPS) is 12.4. The van der Waals surface area contributed by atoms with Gasteiger partial charge in [0.25, 0.3) is 0 Å². The van der Waals surface area contributed by atoms with Crippen LogP contribution in [-0.4, -0.2) is 28.2 Å². The fourth-order valence-electron chi connectivity index (χ4n) is 1.55. The number of ether oxygens (including phenoxy) is 1. The summed E-state index contributed by atoms with van der Waals surface area (Å²) >= 11 is 0. The molecule has 96 valence electrons. The van der Waals surface area contributed by atoms with Gasteiger partial charge in [0.2, 0.25) is 0 Å². The van der Waals surface area contributed by atoms with Crippen LogP contribution < -0.4 is 5.32 Å². The van der Waals surface area contributed by atoms with Crippen LogP contribution in [0.2, 0.25) is 0 Å². The van der Waals surface area contributed by atoms with Crippen LogP contribution in [0.15, 0.2) is 12.4 Å². The van der Waals surface area contributed by atoms with Crippen LogP contribution in [0.3, 0.4) is 0 Å². The van der Waals surface area contributed by atoms with Crippen LogP contribution in [0.1, 0.15) is 33.0 Å². The number of nitrogens with zero attached hydrogens (tertiary/aromatic N) is 2. The maximum absolute atomic E-state index is 11.4. The van der Waals surface area contributed by atoms with Crippen LogP contribution in [0.5, 0.6) is 0 Å². The molecule has 0 aromatic carbocycles. The molecule has 1 heterocycles. The van der Waals surface area contributed by atoms with Gasteiger partial charge in [-0.1, -0.05) is 6.92 Å². The average Bonchev–Trinajstić information content (AvgIpc) is 2.74. The Balaban J connectivity index is 2.44. The summed E-state index contributed by atoms with van der Waals surface area (Å²) in [6, 6.07) is -0.304. The van der Waals surface area contributed by atoms with Crippen molar-refractivity contribution >= 4 is 5.97 Å². The van der Waals surface area contributed by atoms with Crippen molar-refractivity contribution < 1.29 is 9.53 Å². The molecule has 1 atom stereocenters. The molecule has 5 nitrogen and oxygen atoms in total. The first kappa shape index (κ1) is 13.7. The van der Waals surface area contributed by atoms with Crippen molar-refractivity contribution in [3.05, 3.63) is 18.2 Å². The minimum absolute atomic E-state index is 0.221. The minimum Gasteiger partial charge on any atom is -0.465 e. The molecule has 0 fully saturated rings. The van der Waals surface area contributed by atoms with E-state index in [2.05, 4.69) is 21.8 Å². The summed E-state index contributed by atoms with van der Waals surface area (Å²) in [4.78, 5) is 15.7. The molecule has 1 rings (SSSR count). The van der Waals surface area contributed by atoms with E-state index < -0.39 is 0 Å². The van der Waals surface area contributed by atoms with Crippen LogP contribution in [0.25, 0.3) is 0 Å². The molecule has 1 aromatic rings. The fraction of sp³-hybridized carbons (Fsp3) is 0.667. The third kappa shape index (κ3) is 4.19. The number of nitrogens with one attached hydrogen (secondary N) is 1. The van der Waals surface area contributed by atoms with Gasteiger partial charge in [-0.3, -0.25) is 10.1 Å². The monoisotopic (exact) mass is 239 g/mol. The molecule has 0 aliphatic heterocycles. The summed E-state index contributed by atoms with van der Waals surface area (Å²) in [5.41, 5.74) is 0. The van der Waals surface area contributed by atoms with E-state index in [9.17, 15) is 4.79 Å². The number of imidazole rings is 1. The summed E-state index contributed by atoms with van der Waals surface area (Å²) in [7, 11) is 0. The zero-order valence-electron chi connectivity index (χ0n) is 10.8. The third-order valence-electron chi connectivity index (χ3n) is 2.47. The lowest BCUT2D eigenvalue weighted by Gasteiger charge is -2.13. The molecule has 0 aliphatic rings. The van der Waals surface area contributed by atoms with Gasteiger partial charge in [0.15, 0.2) is 0 Å². The van der Waals surface area contributed by atoms with E-state index in [4.69, 9.17) is 4.74 Å². The standard InChI is InChI=1S/C12H21N3O2/c1-4-7-15-8-6-13-11(15)9-14-10(3)12(16)17-5-2/h6,8,10,14H,4-5,7,9H2,1-3H3. The van der Waals surface area contributed by atoms with Crippen molar-refractivity contribution in [3.63, 3.8) is 0 Å². The summed E-state index contributed by atoms with van der Waals surface area (Å²) < 4.78 is 7.01. The molecule has 0 saturated carbocycles. The molecular weight excluding hydrogens is 218 g/mol. The van der Waals surface area contributed by atoms with Gasteiger partial charge in [-0.05, 0) is 20.3 Å². The summed E-state index contributed by atoms with van der Waals surface area (Å²) in [5, 5.41) is 3.11. The minimum atomic E-state index is -0.304. The van der Waals surface area contributed by atoms with E-state index in [0.29, 0.717) is 13.2 Å². The SMILES string of the molecule is CCCn1ccnc1CNC(C)C(=O)OCC. The van der Waals surface area contributed by atoms with Crippen LogP contribution in [0, 0.1) is 0 Å². The Morgan fingerprint density at radius 1 is 1.59 bits per heavy atom. The maximum Gasteiger partial charge on any atom is 0.322 e. The van der Waals surface area contributed by atoms with E-state index in [1.807, 2.05) is 6.20 Å². The van der Waals surface area contributed by atoms with Crippen molar-refractivity contribution in [3.8, 4) is 0 Å².